The minimum atomic E-state index is -0.248. The van der Waals surface area contributed by atoms with Crippen LogP contribution < -0.4 is 32.7 Å². The predicted molar refractivity (Wildman–Crippen MR) is 280 cm³/mol. The molecule has 0 aliphatic carbocycles. The third kappa shape index (κ3) is 6.52. The molecule has 13 rings (SSSR count). The summed E-state index contributed by atoms with van der Waals surface area (Å²) >= 11 is 0. The molecule has 0 fully saturated rings. The molecule has 0 amide bonds. The summed E-state index contributed by atoms with van der Waals surface area (Å²) in [6.07, 6.45) is 0. The Morgan fingerprint density at radius 1 is 0.370 bits per heavy atom. The molecule has 0 saturated heterocycles. The molecule has 21 heteroatoms. The van der Waals surface area contributed by atoms with Crippen molar-refractivity contribution in [2.45, 2.75) is 108 Å². The first-order valence-electron chi connectivity index (χ1n) is 24.8. The summed E-state index contributed by atoms with van der Waals surface area (Å²) < 4.78 is 12.1. The van der Waals surface area contributed by atoms with Crippen molar-refractivity contribution >= 4 is 88.3 Å². The fourth-order valence-electron chi connectivity index (χ4n) is 10.9. The van der Waals surface area contributed by atoms with E-state index in [1.165, 1.54) is 0 Å². The van der Waals surface area contributed by atoms with E-state index >= 15 is 0 Å². The fraction of sp³-hybridized carbons (Fsp3) is 0.308. The molecule has 0 spiro atoms. The van der Waals surface area contributed by atoms with E-state index in [1.54, 1.807) is 32.0 Å². The van der Waals surface area contributed by atoms with Crippen molar-refractivity contribution in [2.75, 3.05) is 0 Å². The monoisotopic (exact) mass is 1030 g/mol. The molecular formula is C52H50N16O4Zn. The summed E-state index contributed by atoms with van der Waals surface area (Å²) in [5.74, 6) is 1.20. The predicted octanol–water partition coefficient (Wildman–Crippen LogP) is 7.28. The Bertz CT molecular complexity index is 4590. The average Bonchev–Trinajstić information content (AvgIpc) is 4.26. The van der Waals surface area contributed by atoms with Crippen LogP contribution in [0.15, 0.2) is 67.7 Å². The molecule has 73 heavy (non-hydrogen) atoms. The van der Waals surface area contributed by atoms with Gasteiger partial charge in [0, 0.05) is 90.7 Å². The second-order valence-corrected chi connectivity index (χ2v) is 17.5. The fourth-order valence-corrected chi connectivity index (χ4v) is 10.9. The summed E-state index contributed by atoms with van der Waals surface area (Å²) in [4.78, 5) is 99.1. The van der Waals surface area contributed by atoms with E-state index in [2.05, 4.69) is 4.98 Å². The molecule has 9 heterocycles. The molecule has 0 atom stereocenters. The Morgan fingerprint density at radius 2 is 0.630 bits per heavy atom. The maximum Gasteiger partial charge on any atom is 2.00 e. The van der Waals surface area contributed by atoms with Crippen LogP contribution in [-0.2, 0) is 65.3 Å². The molecule has 0 saturated carbocycles. The van der Waals surface area contributed by atoms with Gasteiger partial charge in [-0.2, -0.15) is 0 Å². The van der Waals surface area contributed by atoms with Gasteiger partial charge in [-0.3, -0.25) is 32.0 Å². The Balaban J connectivity index is 0.00000189. The number of rotatable bonds is 7. The van der Waals surface area contributed by atoms with Crippen LogP contribution in [0.1, 0.15) is 62.3 Å². The largest absolute Gasteiger partial charge is 2.00 e. The van der Waals surface area contributed by atoms with Crippen molar-refractivity contribution in [1.29, 1.82) is 0 Å². The third-order valence-electron chi connectivity index (χ3n) is 14.2. The van der Waals surface area contributed by atoms with E-state index in [0.717, 1.165) is 33.1 Å². The van der Waals surface area contributed by atoms with E-state index in [-0.39, 0.29) is 42.2 Å². The van der Waals surface area contributed by atoms with E-state index < -0.39 is 0 Å². The van der Waals surface area contributed by atoms with Gasteiger partial charge in [-0.05, 0) is 119 Å². The Hall–Kier alpha value is -8.06. The standard InChI is InChI=1S/C50H45N16O4.C2H6.Zn/c1-8-60-32-16-24-23(15-31(32)51-47(60)67)39-52-40(24)54-42-27-19-35-36(64(12-5)49(69)63(35)11-4)20-28(27)44(56-42)58-46-30-22-38-37(65(13-6)50(70)66(38)14-7)21-29(30)45(59-46)57-43-26-18-34-33(17-25(26)41(53-39)55-43)61(9-2)48(68)62(34)10-3;1-2;/h15-22H,8-14H2,1-7H3,(H2-,51,52,53,54,55,56,57,58,59,67);1-2H3;/q-1;;+2/p-1. The number of fused-ring (bicyclic) bond motifs is 24. The first-order chi connectivity index (χ1) is 35.0. The van der Waals surface area contributed by atoms with Gasteiger partial charge in [0.25, 0.3) is 0 Å². The number of aromatic nitrogens is 16. The van der Waals surface area contributed by atoms with Gasteiger partial charge in [0.2, 0.25) is 0 Å². The van der Waals surface area contributed by atoms with Crippen LogP contribution >= 0.6 is 0 Å². The summed E-state index contributed by atoms with van der Waals surface area (Å²) in [7, 11) is 0. The average molecular weight is 1030 g/mol. The van der Waals surface area contributed by atoms with Gasteiger partial charge in [-0.25, -0.2) is 29.1 Å². The second-order valence-electron chi connectivity index (χ2n) is 17.5. The van der Waals surface area contributed by atoms with Crippen molar-refractivity contribution in [3.8, 4) is 45.6 Å². The summed E-state index contributed by atoms with van der Waals surface area (Å²) in [6.45, 7) is 20.7. The number of nitrogens with one attached hydrogen (secondary N) is 1. The minimum Gasteiger partial charge on any atom is -0.357 e. The van der Waals surface area contributed by atoms with Gasteiger partial charge in [0.1, 0.15) is 0 Å². The van der Waals surface area contributed by atoms with Crippen molar-refractivity contribution in [3.05, 3.63) is 90.5 Å². The number of aromatic amines is 1. The number of benzene rings is 4. The Kier molecular flexibility index (Phi) is 11.2. The van der Waals surface area contributed by atoms with Gasteiger partial charge >= 0.3 is 42.2 Å². The molecule has 7 aromatic heterocycles. The van der Waals surface area contributed by atoms with Crippen molar-refractivity contribution < 1.29 is 19.5 Å². The van der Waals surface area contributed by atoms with Gasteiger partial charge in [-0.1, -0.05) is 13.8 Å². The first-order valence-corrected chi connectivity index (χ1v) is 24.8. The maximum absolute atomic E-state index is 13.8. The molecule has 8 bridgehead atoms. The SMILES string of the molecule is CC.CCn1c(=O)[nH]c2cc3c(cc21)-c1nc-3nc2[n-]c(nc3nc(nc4[n-]c(n1)c1cc5c(cc41)n(CC)c(=O)n5CC)-c1cc4c(cc1-3)n(CC)c(=O)n4CC)c1cc3c(cc21)n(CC)c(=O)n3CC.[Zn+2]. The molecular weight excluding hydrogens is 978 g/mol. The number of hydrogen-bond donors (Lipinski definition) is 1. The van der Waals surface area contributed by atoms with Gasteiger partial charge in [-0.15, -0.1) is 0 Å². The zero-order chi connectivity index (χ0) is 50.2. The van der Waals surface area contributed by atoms with Crippen molar-refractivity contribution in [1.82, 2.24) is 76.8 Å². The topological polar surface area (TPSA) is 224 Å². The summed E-state index contributed by atoms with van der Waals surface area (Å²) in [5.41, 5.74) is 8.70. The summed E-state index contributed by atoms with van der Waals surface area (Å²) in [6, 6.07) is 15.4. The molecule has 2 aliphatic rings. The molecule has 0 radical (unpaired) electrons. The molecule has 364 valence electrons. The second kappa shape index (κ2) is 17.3. The first kappa shape index (κ1) is 47.3. The number of nitrogens with zero attached hydrogens (tertiary/aromatic N) is 15. The molecule has 0 unspecified atom stereocenters. The van der Waals surface area contributed by atoms with Crippen LogP contribution in [0.25, 0.3) is 134 Å². The van der Waals surface area contributed by atoms with Crippen molar-refractivity contribution in [3.63, 3.8) is 0 Å². The van der Waals surface area contributed by atoms with E-state index in [4.69, 9.17) is 39.9 Å². The van der Waals surface area contributed by atoms with E-state index in [0.29, 0.717) is 147 Å². The van der Waals surface area contributed by atoms with Crippen molar-refractivity contribution in [2.24, 2.45) is 0 Å². The number of H-pyrrole nitrogens is 1. The molecule has 2 aliphatic heterocycles. The maximum atomic E-state index is 13.8. The number of hydrogen-bond acceptors (Lipinski definition) is 10. The minimum absolute atomic E-state index is 0. The zero-order valence-electron chi connectivity index (χ0n) is 42.1. The van der Waals surface area contributed by atoms with Gasteiger partial charge in [0.05, 0.1) is 67.4 Å². The van der Waals surface area contributed by atoms with Crippen LogP contribution in [0.2, 0.25) is 0 Å². The summed E-state index contributed by atoms with van der Waals surface area (Å²) in [5, 5.41) is 2.54. The van der Waals surface area contributed by atoms with Crippen LogP contribution in [0.5, 0.6) is 0 Å². The molecule has 4 aromatic carbocycles. The van der Waals surface area contributed by atoms with Crippen LogP contribution in [-0.4, -0.2) is 66.9 Å². The molecule has 1 N–H and O–H groups in total. The van der Waals surface area contributed by atoms with Crippen LogP contribution in [0.4, 0.5) is 0 Å². The van der Waals surface area contributed by atoms with E-state index in [9.17, 15) is 19.2 Å². The zero-order valence-corrected chi connectivity index (χ0v) is 45.1. The quantitative estimate of drug-likeness (QED) is 0.156. The van der Waals surface area contributed by atoms with Crippen LogP contribution in [0.3, 0.4) is 0 Å². The third-order valence-corrected chi connectivity index (χ3v) is 14.2. The number of aryl methyl sites for hydroxylation is 7. The van der Waals surface area contributed by atoms with E-state index in [1.807, 2.05) is 111 Å². The Labute approximate surface area is 426 Å². The number of imidazole rings is 4. The molecule has 20 nitrogen and oxygen atoms in total. The molecule has 11 aromatic rings. The van der Waals surface area contributed by atoms with Crippen LogP contribution in [0, 0.1) is 0 Å². The normalized spacial score (nSPS) is 12.1. The van der Waals surface area contributed by atoms with Gasteiger partial charge in [0.15, 0.2) is 0 Å². The smallest absolute Gasteiger partial charge is 0.357 e. The Morgan fingerprint density at radius 3 is 0.918 bits per heavy atom. The van der Waals surface area contributed by atoms with Gasteiger partial charge < -0.3 is 34.9 Å².